The summed E-state index contributed by atoms with van der Waals surface area (Å²) in [6.07, 6.45) is 1.05. The van der Waals surface area contributed by atoms with E-state index in [2.05, 4.69) is 54.1 Å². The van der Waals surface area contributed by atoms with Crippen molar-refractivity contribution in [2.24, 2.45) is 11.8 Å². The summed E-state index contributed by atoms with van der Waals surface area (Å²) in [6.45, 7) is 5.15. The molecule has 1 aliphatic heterocycles. The van der Waals surface area contributed by atoms with Gasteiger partial charge < -0.3 is 15.0 Å². The third-order valence-corrected chi connectivity index (χ3v) is 4.61. The van der Waals surface area contributed by atoms with E-state index in [0.29, 0.717) is 11.8 Å². The van der Waals surface area contributed by atoms with E-state index in [9.17, 15) is 4.79 Å². The fraction of sp³-hybridized carbons (Fsp3) is 0.471. The third kappa shape index (κ3) is 2.62. The minimum Gasteiger partial charge on any atom is -0.465 e. The van der Waals surface area contributed by atoms with E-state index in [1.165, 1.54) is 16.6 Å². The van der Waals surface area contributed by atoms with Crippen LogP contribution in [0.4, 0.5) is 4.79 Å². The Balaban J connectivity index is 1.87. The molecule has 3 rings (SSSR count). The second kappa shape index (κ2) is 5.43. The van der Waals surface area contributed by atoms with Crippen molar-refractivity contribution in [2.75, 3.05) is 0 Å². The molecule has 112 valence electrons. The predicted octanol–water partition coefficient (Wildman–Crippen LogP) is 3.50. The molecule has 0 fully saturated rings. The molecule has 1 aromatic carbocycles. The molecule has 0 aliphatic carbocycles. The van der Waals surface area contributed by atoms with E-state index in [-0.39, 0.29) is 6.04 Å². The quantitative estimate of drug-likeness (QED) is 0.907. The highest BCUT2D eigenvalue weighted by molar-refractivity contribution is 5.81. The Morgan fingerprint density at radius 3 is 2.86 bits per heavy atom. The number of carbonyl (C=O) groups is 1. The molecule has 0 saturated heterocycles. The fourth-order valence-corrected chi connectivity index (χ4v) is 3.64. The zero-order valence-electron chi connectivity index (χ0n) is 12.5. The third-order valence-electron chi connectivity index (χ3n) is 4.61. The van der Waals surface area contributed by atoms with Crippen LogP contribution in [0.5, 0.6) is 0 Å². The van der Waals surface area contributed by atoms with Crippen LogP contribution in [0.2, 0.25) is 0 Å². The van der Waals surface area contributed by atoms with Crippen molar-refractivity contribution >= 4 is 17.0 Å². The van der Waals surface area contributed by atoms with Crippen LogP contribution >= 0.6 is 0 Å². The summed E-state index contributed by atoms with van der Waals surface area (Å²) in [5, 5.41) is 13.1. The van der Waals surface area contributed by atoms with Gasteiger partial charge in [0, 0.05) is 23.8 Å². The van der Waals surface area contributed by atoms with Gasteiger partial charge in [-0.15, -0.1) is 0 Å². The Labute approximate surface area is 124 Å². The number of aromatic nitrogens is 1. The number of benzene rings is 1. The summed E-state index contributed by atoms with van der Waals surface area (Å²) in [7, 11) is 0. The molecule has 4 heteroatoms. The maximum atomic E-state index is 11.0. The molecule has 0 bridgehead atoms. The summed E-state index contributed by atoms with van der Waals surface area (Å²) in [5.41, 5.74) is 2.61. The van der Waals surface area contributed by atoms with Crippen LogP contribution in [0.25, 0.3) is 10.9 Å². The molecule has 0 radical (unpaired) electrons. The topological polar surface area (TPSA) is 54.3 Å². The smallest absolute Gasteiger partial charge is 0.404 e. The lowest BCUT2D eigenvalue weighted by Crippen LogP contribution is -2.45. The van der Waals surface area contributed by atoms with Crippen molar-refractivity contribution in [3.8, 4) is 0 Å². The van der Waals surface area contributed by atoms with E-state index in [1.54, 1.807) is 0 Å². The number of hydrogen-bond donors (Lipinski definition) is 2. The maximum absolute atomic E-state index is 11.0. The monoisotopic (exact) mass is 286 g/mol. The van der Waals surface area contributed by atoms with Gasteiger partial charge in [-0.25, -0.2) is 4.79 Å². The molecular formula is C17H22N2O2. The van der Waals surface area contributed by atoms with Crippen LogP contribution in [0.3, 0.4) is 0 Å². The molecule has 0 spiro atoms. The summed E-state index contributed by atoms with van der Waals surface area (Å²) in [4.78, 5) is 11.0. The second-order valence-corrected chi connectivity index (χ2v) is 6.32. The lowest BCUT2D eigenvalue weighted by atomic mass is 9.83. The van der Waals surface area contributed by atoms with Crippen LogP contribution in [-0.2, 0) is 13.0 Å². The number of carboxylic acid groups (broad SMARTS) is 1. The Hall–Kier alpha value is -1.97. The minimum absolute atomic E-state index is 0.0225. The standard InChI is InChI=1S/C17H22N2O2/c1-11(2)16(18-17(20)21)13-7-8-19-14(10-13)9-12-5-3-4-6-15(12)19/h3-6,9,11,13,16,18H,7-8,10H2,1-2H3,(H,20,21)/t13-,16+/m0/s1. The fourth-order valence-electron chi connectivity index (χ4n) is 3.64. The SMILES string of the molecule is CC(C)[C@@H](NC(=O)O)[C@H]1CCn2c(cc3ccccc32)C1. The molecule has 2 atom stereocenters. The van der Waals surface area contributed by atoms with Gasteiger partial charge in [-0.2, -0.15) is 0 Å². The average Bonchev–Trinajstić information content (AvgIpc) is 2.81. The largest absolute Gasteiger partial charge is 0.465 e. The molecular weight excluding hydrogens is 264 g/mol. The number of fused-ring (bicyclic) bond motifs is 3. The highest BCUT2D eigenvalue weighted by atomic mass is 16.4. The summed E-state index contributed by atoms with van der Waals surface area (Å²) >= 11 is 0. The number of nitrogens with one attached hydrogen (secondary N) is 1. The van der Waals surface area contributed by atoms with Gasteiger partial charge in [0.1, 0.15) is 0 Å². The second-order valence-electron chi connectivity index (χ2n) is 6.32. The molecule has 21 heavy (non-hydrogen) atoms. The number of nitrogens with zero attached hydrogens (tertiary/aromatic N) is 1. The Morgan fingerprint density at radius 1 is 1.38 bits per heavy atom. The summed E-state index contributed by atoms with van der Waals surface area (Å²) in [6, 6.07) is 10.7. The Kier molecular flexibility index (Phi) is 3.62. The van der Waals surface area contributed by atoms with Gasteiger partial charge in [0.05, 0.1) is 0 Å². The summed E-state index contributed by atoms with van der Waals surface area (Å²) in [5.74, 6) is 0.681. The number of aryl methyl sites for hydroxylation is 1. The minimum atomic E-state index is -0.917. The molecule has 2 aromatic rings. The van der Waals surface area contributed by atoms with Crippen molar-refractivity contribution in [3.05, 3.63) is 36.0 Å². The van der Waals surface area contributed by atoms with Gasteiger partial charge in [-0.05, 0) is 42.2 Å². The van der Waals surface area contributed by atoms with Gasteiger partial charge >= 0.3 is 6.09 Å². The van der Waals surface area contributed by atoms with E-state index in [1.807, 2.05) is 0 Å². The van der Waals surface area contributed by atoms with Crippen LogP contribution in [0, 0.1) is 11.8 Å². The average molecular weight is 286 g/mol. The molecule has 0 saturated carbocycles. The first-order valence-corrected chi connectivity index (χ1v) is 7.63. The molecule has 1 aliphatic rings. The van der Waals surface area contributed by atoms with Crippen LogP contribution in [0.1, 0.15) is 26.0 Å². The Morgan fingerprint density at radius 2 is 2.14 bits per heavy atom. The van der Waals surface area contributed by atoms with Crippen LogP contribution < -0.4 is 5.32 Å². The molecule has 4 nitrogen and oxygen atoms in total. The van der Waals surface area contributed by atoms with Crippen molar-refractivity contribution < 1.29 is 9.90 Å². The first kappa shape index (κ1) is 14.0. The first-order chi connectivity index (χ1) is 10.1. The van der Waals surface area contributed by atoms with Crippen molar-refractivity contribution in [1.29, 1.82) is 0 Å². The zero-order chi connectivity index (χ0) is 15.0. The van der Waals surface area contributed by atoms with Gasteiger partial charge in [0.2, 0.25) is 0 Å². The lowest BCUT2D eigenvalue weighted by molar-refractivity contribution is 0.170. The van der Waals surface area contributed by atoms with E-state index in [0.717, 1.165) is 19.4 Å². The number of para-hydroxylation sites is 1. The van der Waals surface area contributed by atoms with Crippen molar-refractivity contribution in [2.45, 2.75) is 39.3 Å². The lowest BCUT2D eigenvalue weighted by Gasteiger charge is -2.33. The predicted molar refractivity (Wildman–Crippen MR) is 83.5 cm³/mol. The highest BCUT2D eigenvalue weighted by Gasteiger charge is 2.30. The van der Waals surface area contributed by atoms with E-state index < -0.39 is 6.09 Å². The molecule has 1 amide bonds. The maximum Gasteiger partial charge on any atom is 0.404 e. The number of rotatable bonds is 3. The molecule has 1 aromatic heterocycles. The molecule has 0 unspecified atom stereocenters. The van der Waals surface area contributed by atoms with E-state index in [4.69, 9.17) is 5.11 Å². The molecule has 2 heterocycles. The van der Waals surface area contributed by atoms with Crippen LogP contribution in [0.15, 0.2) is 30.3 Å². The van der Waals surface area contributed by atoms with Gasteiger partial charge in [0.25, 0.3) is 0 Å². The van der Waals surface area contributed by atoms with E-state index >= 15 is 0 Å². The molecule has 2 N–H and O–H groups in total. The van der Waals surface area contributed by atoms with Gasteiger partial charge in [0.15, 0.2) is 0 Å². The van der Waals surface area contributed by atoms with Gasteiger partial charge in [-0.3, -0.25) is 0 Å². The first-order valence-electron chi connectivity index (χ1n) is 7.63. The number of hydrogen-bond acceptors (Lipinski definition) is 1. The highest BCUT2D eigenvalue weighted by Crippen LogP contribution is 2.31. The van der Waals surface area contributed by atoms with Crippen molar-refractivity contribution in [1.82, 2.24) is 9.88 Å². The summed E-state index contributed by atoms with van der Waals surface area (Å²) < 4.78 is 2.38. The van der Waals surface area contributed by atoms with Crippen molar-refractivity contribution in [3.63, 3.8) is 0 Å². The van der Waals surface area contributed by atoms with Gasteiger partial charge in [-0.1, -0.05) is 32.0 Å². The Bertz CT molecular complexity index is 660. The van der Waals surface area contributed by atoms with Crippen LogP contribution in [-0.4, -0.2) is 21.8 Å². The number of amides is 1. The normalized spacial score (nSPS) is 19.5. The zero-order valence-corrected chi connectivity index (χ0v) is 12.5.